The summed E-state index contributed by atoms with van der Waals surface area (Å²) in [6.45, 7) is 4.10. The largest absolute Gasteiger partial charge is 3.00 e. The molecule has 250 valence electrons. The van der Waals surface area contributed by atoms with Crippen LogP contribution in [0, 0.1) is 37.9 Å². The molecule has 0 spiro atoms. The van der Waals surface area contributed by atoms with Crippen LogP contribution >= 0.6 is 0 Å². The summed E-state index contributed by atoms with van der Waals surface area (Å²) in [7, 11) is 0. The average Bonchev–Trinajstić information content (AvgIpc) is 3.19. The number of fused-ring (bicyclic) bond motifs is 6. The van der Waals surface area contributed by atoms with Gasteiger partial charge in [0.15, 0.2) is 0 Å². The molecule has 0 saturated heterocycles. The van der Waals surface area contributed by atoms with Crippen LogP contribution in [0.15, 0.2) is 152 Å². The Hall–Kier alpha value is -5.87. The number of halogens is 1. The third kappa shape index (κ3) is 6.77. The van der Waals surface area contributed by atoms with Gasteiger partial charge in [0.1, 0.15) is 0 Å². The van der Waals surface area contributed by atoms with Crippen molar-refractivity contribution in [1.29, 1.82) is 0 Å². The monoisotopic (exact) mass is 849 g/mol. The number of hydrogen-bond donors (Lipinski definition) is 0. The van der Waals surface area contributed by atoms with Gasteiger partial charge < -0.3 is 15.0 Å². The van der Waals surface area contributed by atoms with Crippen molar-refractivity contribution in [3.05, 3.63) is 187 Å². The predicted octanol–water partition coefficient (Wildman–Crippen LogP) is 11.9. The molecule has 5 heteroatoms. The second-order valence-electron chi connectivity index (χ2n) is 12.5. The summed E-state index contributed by atoms with van der Waals surface area (Å²) in [4.78, 5) is 13.2. The van der Waals surface area contributed by atoms with E-state index in [2.05, 4.69) is 94.7 Å². The van der Waals surface area contributed by atoms with Crippen LogP contribution in [-0.4, -0.2) is 15.0 Å². The van der Waals surface area contributed by atoms with Gasteiger partial charge in [-0.1, -0.05) is 84.4 Å². The molecule has 10 aromatic rings. The number of aromatic nitrogens is 3. The molecule has 10 rings (SSSR count). The molecule has 7 aromatic carbocycles. The minimum Gasteiger partial charge on any atom is -0.305 e. The van der Waals surface area contributed by atoms with Gasteiger partial charge in [-0.05, 0) is 73.8 Å². The van der Waals surface area contributed by atoms with Crippen molar-refractivity contribution < 1.29 is 24.5 Å². The van der Waals surface area contributed by atoms with Gasteiger partial charge >= 0.3 is 20.1 Å². The van der Waals surface area contributed by atoms with Gasteiger partial charge in [0.2, 0.25) is 0 Å². The van der Waals surface area contributed by atoms with E-state index in [4.69, 9.17) is 0 Å². The first-order valence-corrected chi connectivity index (χ1v) is 16.8. The maximum absolute atomic E-state index is 13.9. The molecule has 0 aliphatic heterocycles. The van der Waals surface area contributed by atoms with Crippen LogP contribution in [0.4, 0.5) is 4.39 Å². The second-order valence-corrected chi connectivity index (χ2v) is 12.5. The Morgan fingerprint density at radius 1 is 0.500 bits per heavy atom. The Morgan fingerprint density at radius 2 is 1.19 bits per heavy atom. The standard InChI is InChI=1S/C23H11FN.C13H12N.C11H8N.Ir/c24-13-8-9-19-20(12-13)17-7-3-6-16-14-4-1-2-5-15(14)18-10-11-25-23(19)22(18)21(16)17;1-10-3-6-12(7-4-10)13-8-5-11(2)9-14-13;1-2-6-10(7-3-1)11-8-4-5-9-12-11;/h1-8,10-12H;3-6,8-9H,1-2H3;1-6,8-9H;/q3*-1;+3. The summed E-state index contributed by atoms with van der Waals surface area (Å²) in [5.74, 6) is -0.271. The zero-order valence-corrected chi connectivity index (χ0v) is 30.9. The number of hydrogen-bond acceptors (Lipinski definition) is 3. The molecule has 0 atom stereocenters. The Morgan fingerprint density at radius 3 is 1.88 bits per heavy atom. The number of rotatable bonds is 2. The molecule has 3 heterocycles. The van der Waals surface area contributed by atoms with Gasteiger partial charge in [-0.15, -0.1) is 94.9 Å². The predicted molar refractivity (Wildman–Crippen MR) is 208 cm³/mol. The molecule has 0 bridgehead atoms. The Balaban J connectivity index is 0.000000133. The fourth-order valence-electron chi connectivity index (χ4n) is 6.59. The van der Waals surface area contributed by atoms with E-state index in [9.17, 15) is 4.39 Å². The van der Waals surface area contributed by atoms with Crippen LogP contribution < -0.4 is 0 Å². The van der Waals surface area contributed by atoms with Crippen molar-refractivity contribution >= 4 is 54.0 Å². The van der Waals surface area contributed by atoms with Gasteiger partial charge in [0, 0.05) is 24.4 Å². The number of nitrogens with zero attached hydrogens (tertiary/aromatic N) is 3. The summed E-state index contributed by atoms with van der Waals surface area (Å²) in [6, 6.07) is 53.1. The molecular formula is C47H31FIrN3. The third-order valence-corrected chi connectivity index (χ3v) is 9.01. The summed E-state index contributed by atoms with van der Waals surface area (Å²) < 4.78 is 13.9. The SMILES string of the molecule is Cc1c[c-]c(-c2ccc(C)cn2)cc1.Fc1c[c-]c2c(c1)c1cccc3c4ccccc4c4ccnc2c4c13.[Ir+3].[c-]1ccccc1-c1ccccn1. The smallest absolute Gasteiger partial charge is 0.305 e. The van der Waals surface area contributed by atoms with E-state index >= 15 is 0 Å². The number of pyridine rings is 3. The first kappa shape index (κ1) is 34.6. The van der Waals surface area contributed by atoms with Gasteiger partial charge in [-0.2, -0.15) is 0 Å². The third-order valence-electron chi connectivity index (χ3n) is 9.01. The van der Waals surface area contributed by atoms with E-state index in [-0.39, 0.29) is 25.9 Å². The minimum absolute atomic E-state index is 0. The second kappa shape index (κ2) is 15.2. The van der Waals surface area contributed by atoms with Crippen molar-refractivity contribution in [1.82, 2.24) is 15.0 Å². The normalized spacial score (nSPS) is 10.8. The summed E-state index contributed by atoms with van der Waals surface area (Å²) in [5.41, 5.74) is 7.34. The summed E-state index contributed by atoms with van der Waals surface area (Å²) in [6.07, 6.45) is 5.50. The summed E-state index contributed by atoms with van der Waals surface area (Å²) >= 11 is 0. The number of benzene rings is 7. The van der Waals surface area contributed by atoms with Gasteiger partial charge in [0.05, 0.1) is 0 Å². The van der Waals surface area contributed by atoms with Crippen LogP contribution in [0.2, 0.25) is 0 Å². The fraction of sp³-hybridized carbons (Fsp3) is 0.0426. The molecule has 0 fully saturated rings. The van der Waals surface area contributed by atoms with Gasteiger partial charge in [-0.25, -0.2) is 0 Å². The molecular weight excluding hydrogens is 818 g/mol. The van der Waals surface area contributed by atoms with Crippen LogP contribution in [0.3, 0.4) is 0 Å². The Labute approximate surface area is 315 Å². The van der Waals surface area contributed by atoms with Crippen molar-refractivity contribution in [3.8, 4) is 22.5 Å². The Bertz CT molecular complexity index is 2670. The van der Waals surface area contributed by atoms with Crippen LogP contribution in [0.1, 0.15) is 11.1 Å². The van der Waals surface area contributed by atoms with Crippen LogP contribution in [0.5, 0.6) is 0 Å². The zero-order valence-electron chi connectivity index (χ0n) is 28.5. The summed E-state index contributed by atoms with van der Waals surface area (Å²) in [5, 5.41) is 9.90. The zero-order chi connectivity index (χ0) is 34.7. The molecule has 52 heavy (non-hydrogen) atoms. The minimum atomic E-state index is -0.271. The van der Waals surface area contributed by atoms with Gasteiger partial charge in [0.25, 0.3) is 0 Å². The number of aryl methyl sites for hydroxylation is 2. The molecule has 3 nitrogen and oxygen atoms in total. The topological polar surface area (TPSA) is 38.7 Å². The van der Waals surface area contributed by atoms with Crippen LogP contribution in [-0.2, 0) is 20.1 Å². The van der Waals surface area contributed by atoms with E-state index in [1.807, 2.05) is 86.0 Å². The van der Waals surface area contributed by atoms with E-state index in [0.717, 1.165) is 55.0 Å². The van der Waals surface area contributed by atoms with Gasteiger partial charge in [-0.3, -0.25) is 4.39 Å². The first-order valence-electron chi connectivity index (χ1n) is 16.8. The maximum atomic E-state index is 13.9. The van der Waals surface area contributed by atoms with E-state index in [0.29, 0.717) is 0 Å². The van der Waals surface area contributed by atoms with Crippen LogP contribution in [0.25, 0.3) is 76.5 Å². The molecule has 0 unspecified atom stereocenters. The molecule has 0 radical (unpaired) electrons. The molecule has 0 aliphatic rings. The molecule has 0 amide bonds. The van der Waals surface area contributed by atoms with E-state index in [1.54, 1.807) is 12.3 Å². The fourth-order valence-corrected chi connectivity index (χ4v) is 6.59. The quantitative estimate of drug-likeness (QED) is 0.0988. The van der Waals surface area contributed by atoms with E-state index in [1.165, 1.54) is 38.7 Å². The molecule has 0 aliphatic carbocycles. The molecule has 3 aromatic heterocycles. The first-order chi connectivity index (χ1) is 25.0. The van der Waals surface area contributed by atoms with Crippen molar-refractivity contribution in [2.75, 3.05) is 0 Å². The van der Waals surface area contributed by atoms with Crippen molar-refractivity contribution in [2.45, 2.75) is 13.8 Å². The average molecular weight is 849 g/mol. The van der Waals surface area contributed by atoms with Crippen molar-refractivity contribution in [3.63, 3.8) is 0 Å². The van der Waals surface area contributed by atoms with E-state index < -0.39 is 0 Å². The molecule has 0 N–H and O–H groups in total. The Kier molecular flexibility index (Phi) is 10.1. The van der Waals surface area contributed by atoms with Crippen molar-refractivity contribution in [2.24, 2.45) is 0 Å². The molecule has 0 saturated carbocycles. The maximum Gasteiger partial charge on any atom is 3.00 e.